The second-order valence-electron chi connectivity index (χ2n) is 3.51. The van der Waals surface area contributed by atoms with Crippen molar-refractivity contribution in [3.8, 4) is 11.3 Å². The Balaban J connectivity index is 2.27. The largest absolute Gasteiger partial charge is 0.441 e. The molecule has 1 heterocycles. The quantitative estimate of drug-likeness (QED) is 0.780. The lowest BCUT2D eigenvalue weighted by molar-refractivity contribution is 0.502. The predicted octanol–water partition coefficient (Wildman–Crippen LogP) is 4.41. The molecule has 0 amide bonds. The fourth-order valence-electron chi connectivity index (χ4n) is 1.46. The molecule has 0 fully saturated rings. The van der Waals surface area contributed by atoms with Gasteiger partial charge in [-0.15, -0.1) is 11.6 Å². The summed E-state index contributed by atoms with van der Waals surface area (Å²) >= 11 is 8.79. The molecule has 0 aliphatic carbocycles. The van der Waals surface area contributed by atoms with Gasteiger partial charge in [0, 0.05) is 17.9 Å². The second-order valence-corrected chi connectivity index (χ2v) is 4.68. The van der Waals surface area contributed by atoms with Crippen LogP contribution in [0.15, 0.2) is 33.3 Å². The van der Waals surface area contributed by atoms with E-state index in [9.17, 15) is 4.39 Å². The summed E-state index contributed by atoms with van der Waals surface area (Å²) in [6.45, 7) is 0. The van der Waals surface area contributed by atoms with Gasteiger partial charge in [-0.25, -0.2) is 9.37 Å². The number of nitrogens with zero attached hydrogens (tertiary/aromatic N) is 1. The SMILES string of the molecule is Fc1cccc(-c2cnc(CCCCl)o2)c1Br. The summed E-state index contributed by atoms with van der Waals surface area (Å²) in [5.41, 5.74) is 0.662. The van der Waals surface area contributed by atoms with Crippen molar-refractivity contribution in [3.05, 3.63) is 40.6 Å². The molecule has 0 aliphatic heterocycles. The Bertz CT molecular complexity index is 515. The Morgan fingerprint density at radius 3 is 3.00 bits per heavy atom. The van der Waals surface area contributed by atoms with Crippen molar-refractivity contribution < 1.29 is 8.81 Å². The van der Waals surface area contributed by atoms with E-state index in [0.29, 0.717) is 34.0 Å². The molecule has 0 bridgehead atoms. The normalized spacial score (nSPS) is 10.8. The van der Waals surface area contributed by atoms with Crippen LogP contribution in [0.4, 0.5) is 4.39 Å². The molecule has 2 nitrogen and oxygen atoms in total. The van der Waals surface area contributed by atoms with Crippen molar-refractivity contribution in [2.24, 2.45) is 0 Å². The van der Waals surface area contributed by atoms with E-state index in [1.807, 2.05) is 0 Å². The number of alkyl halides is 1. The third kappa shape index (κ3) is 2.87. The van der Waals surface area contributed by atoms with Crippen LogP contribution in [0.3, 0.4) is 0 Å². The molecule has 0 aliphatic rings. The molecule has 0 atom stereocenters. The van der Waals surface area contributed by atoms with Gasteiger partial charge in [-0.05, 0) is 34.5 Å². The first-order valence-electron chi connectivity index (χ1n) is 5.17. The van der Waals surface area contributed by atoms with Gasteiger partial charge in [-0.1, -0.05) is 6.07 Å². The minimum Gasteiger partial charge on any atom is -0.441 e. The van der Waals surface area contributed by atoms with E-state index in [1.54, 1.807) is 18.3 Å². The van der Waals surface area contributed by atoms with Crippen molar-refractivity contribution in [2.45, 2.75) is 12.8 Å². The van der Waals surface area contributed by atoms with Crippen LogP contribution in [-0.2, 0) is 6.42 Å². The number of rotatable bonds is 4. The van der Waals surface area contributed by atoms with Crippen LogP contribution in [0.2, 0.25) is 0 Å². The van der Waals surface area contributed by atoms with Crippen LogP contribution in [0, 0.1) is 5.82 Å². The minimum absolute atomic E-state index is 0.318. The van der Waals surface area contributed by atoms with E-state index in [-0.39, 0.29) is 5.82 Å². The van der Waals surface area contributed by atoms with Crippen LogP contribution >= 0.6 is 27.5 Å². The minimum atomic E-state index is -0.318. The molecule has 0 saturated carbocycles. The summed E-state index contributed by atoms with van der Waals surface area (Å²) in [6.07, 6.45) is 3.10. The number of aromatic nitrogens is 1. The smallest absolute Gasteiger partial charge is 0.194 e. The molecule has 5 heteroatoms. The fraction of sp³-hybridized carbons (Fsp3) is 0.250. The van der Waals surface area contributed by atoms with Gasteiger partial charge < -0.3 is 4.42 Å². The number of hydrogen-bond acceptors (Lipinski definition) is 2. The number of halogens is 3. The van der Waals surface area contributed by atoms with Gasteiger partial charge in [-0.2, -0.15) is 0 Å². The molecule has 0 N–H and O–H groups in total. The van der Waals surface area contributed by atoms with Crippen LogP contribution in [0.1, 0.15) is 12.3 Å². The number of oxazole rings is 1. The lowest BCUT2D eigenvalue weighted by atomic mass is 10.2. The third-order valence-electron chi connectivity index (χ3n) is 2.29. The summed E-state index contributed by atoms with van der Waals surface area (Å²) in [5, 5.41) is 0. The van der Waals surface area contributed by atoms with Crippen molar-refractivity contribution in [1.82, 2.24) is 4.98 Å². The predicted molar refractivity (Wildman–Crippen MR) is 68.6 cm³/mol. The van der Waals surface area contributed by atoms with Crippen LogP contribution in [0.5, 0.6) is 0 Å². The lowest BCUT2D eigenvalue weighted by Crippen LogP contribution is -1.85. The van der Waals surface area contributed by atoms with Gasteiger partial charge >= 0.3 is 0 Å². The van der Waals surface area contributed by atoms with Crippen molar-refractivity contribution in [2.75, 3.05) is 5.88 Å². The Labute approximate surface area is 112 Å². The molecule has 0 saturated heterocycles. The molecular weight excluding hydrogens is 308 g/mol. The molecule has 0 spiro atoms. The van der Waals surface area contributed by atoms with Crippen LogP contribution in [-0.4, -0.2) is 10.9 Å². The van der Waals surface area contributed by atoms with Gasteiger partial charge in [0.2, 0.25) is 0 Å². The highest BCUT2D eigenvalue weighted by Crippen LogP contribution is 2.30. The summed E-state index contributed by atoms with van der Waals surface area (Å²) in [4.78, 5) is 4.13. The Hall–Kier alpha value is -0.870. The number of aryl methyl sites for hydroxylation is 1. The average Bonchev–Trinajstić information content (AvgIpc) is 2.78. The maximum Gasteiger partial charge on any atom is 0.194 e. The van der Waals surface area contributed by atoms with Crippen LogP contribution in [0.25, 0.3) is 11.3 Å². The summed E-state index contributed by atoms with van der Waals surface area (Å²) in [5.74, 6) is 1.43. The Morgan fingerprint density at radius 1 is 1.41 bits per heavy atom. The van der Waals surface area contributed by atoms with Gasteiger partial charge in [0.1, 0.15) is 5.82 Å². The van der Waals surface area contributed by atoms with E-state index in [1.165, 1.54) is 6.07 Å². The zero-order valence-corrected chi connectivity index (χ0v) is 11.3. The van der Waals surface area contributed by atoms with E-state index in [2.05, 4.69) is 20.9 Å². The van der Waals surface area contributed by atoms with Crippen molar-refractivity contribution in [3.63, 3.8) is 0 Å². The molecule has 90 valence electrons. The molecule has 17 heavy (non-hydrogen) atoms. The zero-order valence-electron chi connectivity index (χ0n) is 8.92. The Morgan fingerprint density at radius 2 is 2.24 bits per heavy atom. The monoisotopic (exact) mass is 317 g/mol. The van der Waals surface area contributed by atoms with Crippen molar-refractivity contribution in [1.29, 1.82) is 0 Å². The maximum absolute atomic E-state index is 13.3. The molecule has 2 aromatic rings. The highest BCUT2D eigenvalue weighted by atomic mass is 79.9. The zero-order chi connectivity index (χ0) is 12.3. The average molecular weight is 319 g/mol. The van der Waals surface area contributed by atoms with E-state index >= 15 is 0 Å². The first-order chi connectivity index (χ1) is 8.22. The molecule has 0 radical (unpaired) electrons. The number of benzene rings is 1. The summed E-state index contributed by atoms with van der Waals surface area (Å²) < 4.78 is 19.3. The first kappa shape index (κ1) is 12.6. The van der Waals surface area contributed by atoms with Gasteiger partial charge in [0.05, 0.1) is 10.7 Å². The van der Waals surface area contributed by atoms with E-state index < -0.39 is 0 Å². The van der Waals surface area contributed by atoms with Gasteiger partial charge in [0.25, 0.3) is 0 Å². The standard InChI is InChI=1S/C12H10BrClFNO/c13-12-8(3-1-4-9(12)15)10-7-16-11(17-10)5-2-6-14/h1,3-4,7H,2,5-6H2. The fourth-order valence-corrected chi connectivity index (χ4v) is 2.06. The second kappa shape index (κ2) is 5.65. The topological polar surface area (TPSA) is 26.0 Å². The molecular formula is C12H10BrClFNO. The van der Waals surface area contributed by atoms with Crippen molar-refractivity contribution >= 4 is 27.5 Å². The summed E-state index contributed by atoms with van der Waals surface area (Å²) in [6, 6.07) is 4.80. The lowest BCUT2D eigenvalue weighted by Gasteiger charge is -2.00. The first-order valence-corrected chi connectivity index (χ1v) is 6.50. The summed E-state index contributed by atoms with van der Waals surface area (Å²) in [7, 11) is 0. The molecule has 0 unspecified atom stereocenters. The highest BCUT2D eigenvalue weighted by Gasteiger charge is 2.12. The van der Waals surface area contributed by atoms with E-state index in [0.717, 1.165) is 6.42 Å². The highest BCUT2D eigenvalue weighted by molar-refractivity contribution is 9.10. The molecule has 2 rings (SSSR count). The molecule has 1 aromatic carbocycles. The Kier molecular flexibility index (Phi) is 4.18. The third-order valence-corrected chi connectivity index (χ3v) is 3.37. The van der Waals surface area contributed by atoms with Gasteiger partial charge in [-0.3, -0.25) is 0 Å². The van der Waals surface area contributed by atoms with Gasteiger partial charge in [0.15, 0.2) is 11.7 Å². The van der Waals surface area contributed by atoms with E-state index in [4.69, 9.17) is 16.0 Å². The maximum atomic E-state index is 13.3. The molecule has 1 aromatic heterocycles. The number of hydrogen-bond donors (Lipinski definition) is 0. The van der Waals surface area contributed by atoms with Crippen LogP contribution < -0.4 is 0 Å².